The summed E-state index contributed by atoms with van der Waals surface area (Å²) in [6, 6.07) is 8.32. The minimum atomic E-state index is -0.464. The Morgan fingerprint density at radius 3 is 2.62 bits per heavy atom. The molecule has 0 atom stereocenters. The number of benzene rings is 2. The summed E-state index contributed by atoms with van der Waals surface area (Å²) in [7, 11) is 0. The van der Waals surface area contributed by atoms with Crippen LogP contribution in [0.5, 0.6) is 0 Å². The predicted octanol–water partition coefficient (Wildman–Crippen LogP) is 5.95. The molecule has 0 spiro atoms. The van der Waals surface area contributed by atoms with E-state index in [0.717, 1.165) is 5.56 Å². The van der Waals surface area contributed by atoms with E-state index in [-0.39, 0.29) is 5.02 Å². The van der Waals surface area contributed by atoms with Crippen LogP contribution < -0.4 is 0 Å². The van der Waals surface area contributed by atoms with Gasteiger partial charge in [-0.2, -0.15) is 0 Å². The van der Waals surface area contributed by atoms with Crippen LogP contribution in [0, 0.1) is 5.82 Å². The highest BCUT2D eigenvalue weighted by molar-refractivity contribution is 7.98. The zero-order chi connectivity index (χ0) is 15.0. The highest BCUT2D eigenvalue weighted by atomic mass is 35.5. The number of thioether (sulfide) groups is 1. The summed E-state index contributed by atoms with van der Waals surface area (Å²) in [6.45, 7) is 0. The SMILES string of the molecule is Fc1cc2[nH]c(SCc3ccc(Cl)c(Cl)c3)nc2cc1Cl. The molecule has 2 aromatic carbocycles. The Morgan fingerprint density at radius 1 is 1.05 bits per heavy atom. The fraction of sp³-hybridized carbons (Fsp3) is 0.0714. The molecule has 0 saturated heterocycles. The highest BCUT2D eigenvalue weighted by Gasteiger charge is 2.08. The molecule has 1 aromatic heterocycles. The van der Waals surface area contributed by atoms with Gasteiger partial charge in [0.15, 0.2) is 5.16 Å². The van der Waals surface area contributed by atoms with E-state index in [2.05, 4.69) is 9.97 Å². The van der Waals surface area contributed by atoms with Crippen LogP contribution in [0.1, 0.15) is 5.56 Å². The summed E-state index contributed by atoms with van der Waals surface area (Å²) in [5.41, 5.74) is 2.28. The number of nitrogens with one attached hydrogen (secondary N) is 1. The first-order valence-electron chi connectivity index (χ1n) is 5.94. The van der Waals surface area contributed by atoms with E-state index < -0.39 is 5.82 Å². The molecule has 0 amide bonds. The van der Waals surface area contributed by atoms with Crippen molar-refractivity contribution in [2.24, 2.45) is 0 Å². The van der Waals surface area contributed by atoms with Crippen LogP contribution in [-0.2, 0) is 5.75 Å². The number of hydrogen-bond donors (Lipinski definition) is 1. The smallest absolute Gasteiger partial charge is 0.166 e. The average molecular weight is 362 g/mol. The first kappa shape index (κ1) is 15.0. The van der Waals surface area contributed by atoms with E-state index >= 15 is 0 Å². The van der Waals surface area contributed by atoms with Gasteiger partial charge in [-0.25, -0.2) is 9.37 Å². The summed E-state index contributed by atoms with van der Waals surface area (Å²) < 4.78 is 13.4. The Hall–Kier alpha value is -0.940. The molecule has 0 fully saturated rings. The van der Waals surface area contributed by atoms with Crippen LogP contribution in [0.4, 0.5) is 4.39 Å². The van der Waals surface area contributed by atoms with E-state index in [0.29, 0.717) is 32.0 Å². The van der Waals surface area contributed by atoms with Gasteiger partial charge in [0, 0.05) is 11.8 Å². The standard InChI is InChI=1S/C14H8Cl3FN2S/c15-8-2-1-7(3-9(8)16)6-21-14-19-12-4-10(17)11(18)5-13(12)20-14/h1-5H,6H2,(H,19,20). The van der Waals surface area contributed by atoms with Crippen molar-refractivity contribution in [1.82, 2.24) is 9.97 Å². The van der Waals surface area contributed by atoms with Gasteiger partial charge in [-0.05, 0) is 23.8 Å². The molecule has 108 valence electrons. The van der Waals surface area contributed by atoms with E-state index in [1.165, 1.54) is 23.9 Å². The van der Waals surface area contributed by atoms with Crippen molar-refractivity contribution in [2.45, 2.75) is 10.9 Å². The second-order valence-corrected chi connectivity index (χ2v) is 6.55. The van der Waals surface area contributed by atoms with Crippen LogP contribution in [0.25, 0.3) is 11.0 Å². The molecule has 1 N–H and O–H groups in total. The molecule has 0 bridgehead atoms. The number of imidazole rings is 1. The van der Waals surface area contributed by atoms with Crippen molar-refractivity contribution in [1.29, 1.82) is 0 Å². The first-order valence-corrected chi connectivity index (χ1v) is 8.06. The maximum atomic E-state index is 13.4. The van der Waals surface area contributed by atoms with Crippen LogP contribution in [0.2, 0.25) is 15.1 Å². The van der Waals surface area contributed by atoms with Gasteiger partial charge in [-0.3, -0.25) is 0 Å². The van der Waals surface area contributed by atoms with Gasteiger partial charge < -0.3 is 4.98 Å². The molecule has 0 aliphatic carbocycles. The summed E-state index contributed by atoms with van der Waals surface area (Å²) in [4.78, 5) is 7.42. The number of nitrogens with zero attached hydrogens (tertiary/aromatic N) is 1. The number of halogens is 4. The third-order valence-electron chi connectivity index (χ3n) is 2.86. The number of rotatable bonds is 3. The fourth-order valence-corrected chi connectivity index (χ4v) is 3.14. The van der Waals surface area contributed by atoms with Crippen LogP contribution in [0.3, 0.4) is 0 Å². The van der Waals surface area contributed by atoms with Gasteiger partial charge in [0.1, 0.15) is 5.82 Å². The Balaban J connectivity index is 1.80. The van der Waals surface area contributed by atoms with Crippen LogP contribution >= 0.6 is 46.6 Å². The number of H-pyrrole nitrogens is 1. The van der Waals surface area contributed by atoms with Gasteiger partial charge in [0.2, 0.25) is 0 Å². The van der Waals surface area contributed by atoms with E-state index in [4.69, 9.17) is 34.8 Å². The largest absolute Gasteiger partial charge is 0.333 e. The highest BCUT2D eigenvalue weighted by Crippen LogP contribution is 2.28. The summed E-state index contributed by atoms with van der Waals surface area (Å²) >= 11 is 19.1. The lowest BCUT2D eigenvalue weighted by molar-refractivity contribution is 0.630. The second-order valence-electron chi connectivity index (χ2n) is 4.36. The van der Waals surface area contributed by atoms with Gasteiger partial charge in [0.05, 0.1) is 26.1 Å². The molecular formula is C14H8Cl3FN2S. The average Bonchev–Trinajstić information content (AvgIpc) is 2.82. The molecule has 0 radical (unpaired) electrons. The lowest BCUT2D eigenvalue weighted by atomic mass is 10.2. The lowest BCUT2D eigenvalue weighted by Gasteiger charge is -2.01. The Labute approximate surface area is 139 Å². The summed E-state index contributed by atoms with van der Waals surface area (Å²) in [5.74, 6) is 0.210. The number of aromatic amines is 1. The van der Waals surface area contributed by atoms with Crippen molar-refractivity contribution < 1.29 is 4.39 Å². The molecule has 7 heteroatoms. The number of aromatic nitrogens is 2. The maximum Gasteiger partial charge on any atom is 0.166 e. The maximum absolute atomic E-state index is 13.4. The second kappa shape index (κ2) is 6.05. The molecule has 3 aromatic rings. The van der Waals surface area contributed by atoms with Crippen molar-refractivity contribution >= 4 is 57.6 Å². The molecular weight excluding hydrogens is 354 g/mol. The van der Waals surface area contributed by atoms with Crippen LogP contribution in [-0.4, -0.2) is 9.97 Å². The van der Waals surface area contributed by atoms with Crippen molar-refractivity contribution in [3.05, 3.63) is 56.8 Å². The summed E-state index contributed by atoms with van der Waals surface area (Å²) in [6.07, 6.45) is 0. The fourth-order valence-electron chi connectivity index (χ4n) is 1.83. The van der Waals surface area contributed by atoms with Crippen molar-refractivity contribution in [3.63, 3.8) is 0 Å². The Morgan fingerprint density at radius 2 is 1.86 bits per heavy atom. The molecule has 2 nitrogen and oxygen atoms in total. The topological polar surface area (TPSA) is 28.7 Å². The Kier molecular flexibility index (Phi) is 4.31. The molecule has 0 unspecified atom stereocenters. The first-order chi connectivity index (χ1) is 10.0. The molecule has 0 aliphatic heterocycles. The predicted molar refractivity (Wildman–Crippen MR) is 87.1 cm³/mol. The quantitative estimate of drug-likeness (QED) is 0.583. The number of fused-ring (bicyclic) bond motifs is 1. The van der Waals surface area contributed by atoms with E-state index in [1.807, 2.05) is 12.1 Å². The third-order valence-corrected chi connectivity index (χ3v) is 4.83. The minimum Gasteiger partial charge on any atom is -0.333 e. The van der Waals surface area contributed by atoms with E-state index in [9.17, 15) is 4.39 Å². The Bertz CT molecular complexity index is 780. The van der Waals surface area contributed by atoms with Crippen molar-refractivity contribution in [2.75, 3.05) is 0 Å². The molecule has 0 aliphatic rings. The third kappa shape index (κ3) is 3.29. The summed E-state index contributed by atoms with van der Waals surface area (Å²) in [5, 5.41) is 1.81. The van der Waals surface area contributed by atoms with E-state index in [1.54, 1.807) is 6.07 Å². The molecule has 3 rings (SSSR count). The minimum absolute atomic E-state index is 0.0648. The number of hydrogen-bond acceptors (Lipinski definition) is 2. The molecule has 21 heavy (non-hydrogen) atoms. The lowest BCUT2D eigenvalue weighted by Crippen LogP contribution is -1.82. The molecule has 1 heterocycles. The zero-order valence-corrected chi connectivity index (χ0v) is 13.5. The monoisotopic (exact) mass is 360 g/mol. The van der Waals surface area contributed by atoms with Gasteiger partial charge in [-0.15, -0.1) is 0 Å². The van der Waals surface area contributed by atoms with Crippen molar-refractivity contribution in [3.8, 4) is 0 Å². The normalized spacial score (nSPS) is 11.2. The van der Waals surface area contributed by atoms with Gasteiger partial charge in [0.25, 0.3) is 0 Å². The zero-order valence-electron chi connectivity index (χ0n) is 10.5. The van der Waals surface area contributed by atoms with Gasteiger partial charge >= 0.3 is 0 Å². The van der Waals surface area contributed by atoms with Crippen LogP contribution in [0.15, 0.2) is 35.5 Å². The van der Waals surface area contributed by atoms with Gasteiger partial charge in [-0.1, -0.05) is 52.6 Å². The molecule has 0 saturated carbocycles.